The molecule has 0 bridgehead atoms. The van der Waals surface area contributed by atoms with Crippen molar-refractivity contribution in [2.24, 2.45) is 0 Å². The minimum absolute atomic E-state index is 0.0946. The molecule has 0 saturated carbocycles. The van der Waals surface area contributed by atoms with E-state index in [1.54, 1.807) is 12.1 Å². The fraction of sp³-hybridized carbons (Fsp3) is 0.632. The first-order valence-corrected chi connectivity index (χ1v) is 8.87. The number of carboxylic acids is 1. The first-order valence-electron chi connectivity index (χ1n) is 8.87. The highest BCUT2D eigenvalue weighted by Crippen LogP contribution is 2.37. The molecule has 0 amide bonds. The van der Waals surface area contributed by atoms with Crippen LogP contribution in [0, 0.1) is 0 Å². The quantitative estimate of drug-likeness (QED) is 0.737. The van der Waals surface area contributed by atoms with Gasteiger partial charge in [-0.15, -0.1) is 0 Å². The summed E-state index contributed by atoms with van der Waals surface area (Å²) in [5, 5.41) is 11.9. The number of carbonyl (C=O) groups is 1. The fourth-order valence-electron chi connectivity index (χ4n) is 3.38. The van der Waals surface area contributed by atoms with Crippen molar-refractivity contribution in [3.63, 3.8) is 0 Å². The molecule has 0 heterocycles. The third-order valence-electron chi connectivity index (χ3n) is 5.00. The summed E-state index contributed by atoms with van der Waals surface area (Å²) in [6.45, 7) is 3.22. The second-order valence-electron chi connectivity index (χ2n) is 7.10. The topological polar surface area (TPSA) is 49.3 Å². The summed E-state index contributed by atoms with van der Waals surface area (Å²) in [4.78, 5) is 11.6. The number of hydrogen-bond donors (Lipinski definition) is 2. The minimum Gasteiger partial charge on any atom is -0.480 e. The van der Waals surface area contributed by atoms with E-state index in [0.717, 1.165) is 43.2 Å². The molecule has 3 nitrogen and oxygen atoms in total. The lowest BCUT2D eigenvalue weighted by molar-refractivity contribution is -0.168. The number of rotatable bonds is 7. The number of carboxylic acid groups (broad SMARTS) is 1. The molecular formula is C19H26F3NO2. The van der Waals surface area contributed by atoms with Gasteiger partial charge in [-0.05, 0) is 55.7 Å². The largest absolute Gasteiger partial charge is 0.480 e. The van der Waals surface area contributed by atoms with Crippen LogP contribution in [0.1, 0.15) is 68.7 Å². The third kappa shape index (κ3) is 4.75. The Morgan fingerprint density at radius 3 is 2.44 bits per heavy atom. The molecule has 6 heteroatoms. The number of fused-ring (bicyclic) bond motifs is 1. The summed E-state index contributed by atoms with van der Waals surface area (Å²) in [6.07, 6.45) is 0.557. The van der Waals surface area contributed by atoms with Gasteiger partial charge in [-0.2, -0.15) is 13.2 Å². The van der Waals surface area contributed by atoms with Crippen molar-refractivity contribution in [2.75, 3.05) is 0 Å². The van der Waals surface area contributed by atoms with E-state index >= 15 is 0 Å². The van der Waals surface area contributed by atoms with Crippen LogP contribution < -0.4 is 5.32 Å². The first-order chi connectivity index (χ1) is 11.7. The van der Waals surface area contributed by atoms with Crippen molar-refractivity contribution in [2.45, 2.75) is 76.6 Å². The van der Waals surface area contributed by atoms with E-state index in [1.165, 1.54) is 13.0 Å². The Morgan fingerprint density at radius 2 is 1.88 bits per heavy atom. The minimum atomic E-state index is -4.56. The van der Waals surface area contributed by atoms with E-state index in [-0.39, 0.29) is 12.0 Å². The predicted molar refractivity (Wildman–Crippen MR) is 90.6 cm³/mol. The smallest absolute Gasteiger partial charge is 0.407 e. The van der Waals surface area contributed by atoms with Gasteiger partial charge in [0.25, 0.3) is 0 Å². The van der Waals surface area contributed by atoms with Crippen LogP contribution in [0.4, 0.5) is 13.2 Å². The molecular weight excluding hydrogens is 331 g/mol. The Labute approximate surface area is 146 Å². The molecule has 2 atom stereocenters. The third-order valence-corrected chi connectivity index (χ3v) is 5.00. The highest BCUT2D eigenvalue weighted by Gasteiger charge is 2.46. The van der Waals surface area contributed by atoms with Gasteiger partial charge < -0.3 is 5.11 Å². The number of halogens is 3. The molecule has 1 aromatic rings. The maximum Gasteiger partial charge on any atom is 0.407 e. The summed E-state index contributed by atoms with van der Waals surface area (Å²) in [5.41, 5.74) is 0.525. The Morgan fingerprint density at radius 1 is 1.24 bits per heavy atom. The van der Waals surface area contributed by atoms with Gasteiger partial charge in [0.1, 0.15) is 11.6 Å². The highest BCUT2D eigenvalue weighted by molar-refractivity contribution is 5.78. The summed E-state index contributed by atoms with van der Waals surface area (Å²) in [7, 11) is 0. The van der Waals surface area contributed by atoms with Gasteiger partial charge in [-0.1, -0.05) is 38.0 Å². The summed E-state index contributed by atoms with van der Waals surface area (Å²) in [5.74, 6) is -1.26. The molecule has 0 spiro atoms. The molecule has 0 fully saturated rings. The van der Waals surface area contributed by atoms with Crippen LogP contribution in [0.15, 0.2) is 18.2 Å². The fourth-order valence-corrected chi connectivity index (χ4v) is 3.38. The van der Waals surface area contributed by atoms with Crippen molar-refractivity contribution < 1.29 is 23.1 Å². The number of alkyl halides is 3. The maximum atomic E-state index is 13.7. The molecule has 1 aliphatic rings. The summed E-state index contributed by atoms with van der Waals surface area (Å²) in [6, 6.07) is 2.85. The van der Waals surface area contributed by atoms with E-state index in [4.69, 9.17) is 0 Å². The molecule has 140 valence electrons. The second kappa shape index (κ2) is 7.77. The Hall–Kier alpha value is -1.56. The van der Waals surface area contributed by atoms with Crippen LogP contribution >= 0.6 is 0 Å². The van der Waals surface area contributed by atoms with Crippen LogP contribution in [0.5, 0.6) is 0 Å². The first kappa shape index (κ1) is 19.8. The van der Waals surface area contributed by atoms with Crippen LogP contribution in [0.25, 0.3) is 0 Å². The van der Waals surface area contributed by atoms with E-state index in [0.29, 0.717) is 6.42 Å². The molecule has 1 aromatic carbocycles. The Balaban J connectivity index is 2.34. The van der Waals surface area contributed by atoms with Crippen molar-refractivity contribution in [3.05, 3.63) is 34.9 Å². The zero-order chi connectivity index (χ0) is 18.7. The van der Waals surface area contributed by atoms with Gasteiger partial charge in [0.2, 0.25) is 0 Å². The van der Waals surface area contributed by atoms with Gasteiger partial charge in [-0.3, -0.25) is 10.1 Å². The lowest BCUT2D eigenvalue weighted by Crippen LogP contribution is -2.54. The number of aryl methyl sites for hydroxylation is 2. The molecule has 25 heavy (non-hydrogen) atoms. The van der Waals surface area contributed by atoms with Crippen molar-refractivity contribution in [1.82, 2.24) is 5.32 Å². The van der Waals surface area contributed by atoms with Crippen LogP contribution in [-0.4, -0.2) is 22.8 Å². The molecule has 2 unspecified atom stereocenters. The van der Waals surface area contributed by atoms with E-state index in [1.807, 2.05) is 6.92 Å². The molecule has 0 aromatic heterocycles. The van der Waals surface area contributed by atoms with Gasteiger partial charge >= 0.3 is 12.1 Å². The normalized spacial score (nSPS) is 18.3. The summed E-state index contributed by atoms with van der Waals surface area (Å²) < 4.78 is 41.1. The van der Waals surface area contributed by atoms with E-state index in [2.05, 4.69) is 5.32 Å². The van der Waals surface area contributed by atoms with Gasteiger partial charge in [0.05, 0.1) is 0 Å². The molecule has 0 saturated heterocycles. The number of aliphatic carboxylic acids is 1. The average molecular weight is 357 g/mol. The number of hydrogen-bond acceptors (Lipinski definition) is 2. The maximum absolute atomic E-state index is 13.7. The van der Waals surface area contributed by atoms with Gasteiger partial charge in [-0.25, -0.2) is 0 Å². The van der Waals surface area contributed by atoms with Crippen LogP contribution in [0.3, 0.4) is 0 Å². The lowest BCUT2D eigenvalue weighted by Gasteiger charge is -2.33. The molecule has 0 radical (unpaired) electrons. The molecule has 1 aliphatic carbocycles. The van der Waals surface area contributed by atoms with Gasteiger partial charge in [0, 0.05) is 0 Å². The van der Waals surface area contributed by atoms with Crippen LogP contribution in [-0.2, 0) is 17.6 Å². The van der Waals surface area contributed by atoms with E-state index in [9.17, 15) is 23.1 Å². The van der Waals surface area contributed by atoms with Crippen LogP contribution in [0.2, 0.25) is 0 Å². The average Bonchev–Trinajstić information content (AvgIpc) is 2.56. The molecule has 2 rings (SSSR count). The van der Waals surface area contributed by atoms with Crippen molar-refractivity contribution in [3.8, 4) is 0 Å². The summed E-state index contributed by atoms with van der Waals surface area (Å²) >= 11 is 0. The Kier molecular flexibility index (Phi) is 6.14. The number of nitrogens with one attached hydrogen (secondary N) is 1. The SMILES string of the molecule is CCCCC(C)(NC(c1ccc2c(c1)CCCC2)C(F)(F)F)C(=O)O. The van der Waals surface area contributed by atoms with Crippen molar-refractivity contribution in [1.29, 1.82) is 0 Å². The number of benzene rings is 1. The van der Waals surface area contributed by atoms with Crippen molar-refractivity contribution >= 4 is 5.97 Å². The Bertz CT molecular complexity index is 615. The number of unbranched alkanes of at least 4 members (excludes halogenated alkanes) is 1. The molecule has 2 N–H and O–H groups in total. The standard InChI is InChI=1S/C19H26F3NO2/c1-3-4-11-18(2,17(24)25)23-16(19(20,21)22)15-10-9-13-7-5-6-8-14(13)12-15/h9-10,12,16,23H,3-8,11H2,1-2H3,(H,24,25). The highest BCUT2D eigenvalue weighted by atomic mass is 19.4. The van der Waals surface area contributed by atoms with E-state index < -0.39 is 23.7 Å². The lowest BCUT2D eigenvalue weighted by atomic mass is 9.87. The molecule has 0 aliphatic heterocycles. The second-order valence-corrected chi connectivity index (χ2v) is 7.10. The predicted octanol–water partition coefficient (Wildman–Crippen LogP) is 4.79. The van der Waals surface area contributed by atoms with Gasteiger partial charge in [0.15, 0.2) is 0 Å². The zero-order valence-corrected chi connectivity index (χ0v) is 14.7. The monoisotopic (exact) mass is 357 g/mol. The zero-order valence-electron chi connectivity index (χ0n) is 14.7.